The first kappa shape index (κ1) is 15.5. The predicted octanol–water partition coefficient (Wildman–Crippen LogP) is 4.77. The quantitative estimate of drug-likeness (QED) is 0.789. The van der Waals surface area contributed by atoms with Crippen LogP contribution in [0.4, 0.5) is 0 Å². The van der Waals surface area contributed by atoms with E-state index >= 15 is 0 Å². The second kappa shape index (κ2) is 6.38. The van der Waals surface area contributed by atoms with Gasteiger partial charge in [-0.05, 0) is 36.4 Å². The number of halogens is 1. The Labute approximate surface area is 138 Å². The van der Waals surface area contributed by atoms with Gasteiger partial charge in [0, 0.05) is 11.4 Å². The Morgan fingerprint density at radius 1 is 1.19 bits per heavy atom. The summed E-state index contributed by atoms with van der Waals surface area (Å²) in [6, 6.07) is 7.23. The van der Waals surface area contributed by atoms with E-state index in [1.165, 1.54) is 0 Å². The Bertz CT molecular complexity index is 694. The molecule has 0 radical (unpaired) electrons. The molecule has 0 aliphatic carbocycles. The fourth-order valence-corrected chi connectivity index (χ4v) is 6.91. The molecule has 1 saturated heterocycles. The van der Waals surface area contributed by atoms with Crippen LogP contribution in [0, 0.1) is 0 Å². The molecular formula is C14H16ClNO2S3. The summed E-state index contributed by atoms with van der Waals surface area (Å²) in [6.45, 7) is 0.584. The maximum Gasteiger partial charge on any atom is 0.253 e. The number of hydrogen-bond acceptors (Lipinski definition) is 4. The molecule has 7 heteroatoms. The summed E-state index contributed by atoms with van der Waals surface area (Å²) in [5.74, 6) is 0. The van der Waals surface area contributed by atoms with E-state index in [4.69, 9.17) is 11.6 Å². The fourth-order valence-electron chi connectivity index (χ4n) is 2.69. The Balaban J connectivity index is 1.99. The van der Waals surface area contributed by atoms with Crippen LogP contribution in [0.25, 0.3) is 0 Å². The van der Waals surface area contributed by atoms with Gasteiger partial charge < -0.3 is 0 Å². The Hall–Kier alpha value is -0.400. The lowest BCUT2D eigenvalue weighted by Crippen LogP contribution is -2.34. The van der Waals surface area contributed by atoms with Gasteiger partial charge in [0.05, 0.1) is 10.4 Å². The van der Waals surface area contributed by atoms with Gasteiger partial charge in [0.15, 0.2) is 0 Å². The molecule has 0 saturated carbocycles. The van der Waals surface area contributed by atoms with Gasteiger partial charge in [-0.15, -0.1) is 22.7 Å². The van der Waals surface area contributed by atoms with E-state index in [1.807, 2.05) is 17.5 Å². The molecule has 1 atom stereocenters. The van der Waals surface area contributed by atoms with Gasteiger partial charge in [0.25, 0.3) is 10.0 Å². The third kappa shape index (κ3) is 3.19. The van der Waals surface area contributed by atoms with Crippen LogP contribution >= 0.6 is 34.3 Å². The normalized spacial score (nSPS) is 21.3. The van der Waals surface area contributed by atoms with Crippen LogP contribution in [0.3, 0.4) is 0 Å². The summed E-state index contributed by atoms with van der Waals surface area (Å²) in [5, 5.41) is 2.01. The van der Waals surface area contributed by atoms with Crippen LogP contribution < -0.4 is 0 Å². The van der Waals surface area contributed by atoms with Crippen molar-refractivity contribution in [2.24, 2.45) is 0 Å². The van der Waals surface area contributed by atoms with Crippen molar-refractivity contribution < 1.29 is 8.42 Å². The molecule has 1 fully saturated rings. The summed E-state index contributed by atoms with van der Waals surface area (Å²) in [6.07, 6.45) is 3.96. The van der Waals surface area contributed by atoms with E-state index in [2.05, 4.69) is 0 Å². The van der Waals surface area contributed by atoms with Gasteiger partial charge in [-0.2, -0.15) is 4.31 Å². The highest BCUT2D eigenvalue weighted by Crippen LogP contribution is 2.38. The minimum absolute atomic E-state index is 0.0432. The van der Waals surface area contributed by atoms with Gasteiger partial charge in [-0.3, -0.25) is 0 Å². The zero-order valence-corrected chi connectivity index (χ0v) is 14.6. The maximum absolute atomic E-state index is 12.9. The summed E-state index contributed by atoms with van der Waals surface area (Å²) >= 11 is 8.67. The molecular weight excluding hydrogens is 346 g/mol. The smallest absolute Gasteiger partial charge is 0.206 e. The SMILES string of the molecule is O=S(=O)(c1ccc(Cl)s1)N1CCCCC[C@H]1c1cccs1. The van der Waals surface area contributed by atoms with Crippen LogP contribution in [-0.4, -0.2) is 19.3 Å². The number of nitrogens with zero attached hydrogens (tertiary/aromatic N) is 1. The average molecular weight is 362 g/mol. The molecule has 3 nitrogen and oxygen atoms in total. The number of rotatable bonds is 3. The Kier molecular flexibility index (Phi) is 4.71. The van der Waals surface area contributed by atoms with Crippen LogP contribution in [0.2, 0.25) is 4.34 Å². The molecule has 0 bridgehead atoms. The lowest BCUT2D eigenvalue weighted by atomic mass is 10.1. The molecule has 3 rings (SSSR count). The molecule has 3 heterocycles. The van der Waals surface area contributed by atoms with Gasteiger partial charge in [-0.25, -0.2) is 8.42 Å². The first-order valence-corrected chi connectivity index (χ1v) is 10.4. The molecule has 2 aromatic heterocycles. The third-order valence-electron chi connectivity index (χ3n) is 3.69. The van der Waals surface area contributed by atoms with Crippen LogP contribution in [0.15, 0.2) is 33.9 Å². The maximum atomic E-state index is 12.9. The van der Waals surface area contributed by atoms with E-state index in [0.717, 1.165) is 41.9 Å². The molecule has 114 valence electrons. The molecule has 0 N–H and O–H groups in total. The molecule has 0 unspecified atom stereocenters. The number of hydrogen-bond donors (Lipinski definition) is 0. The van der Waals surface area contributed by atoms with E-state index in [9.17, 15) is 8.42 Å². The van der Waals surface area contributed by atoms with Crippen molar-refractivity contribution in [2.75, 3.05) is 6.54 Å². The average Bonchev–Trinajstić information content (AvgIpc) is 3.06. The van der Waals surface area contributed by atoms with Gasteiger partial charge in [-0.1, -0.05) is 30.5 Å². The van der Waals surface area contributed by atoms with Crippen molar-refractivity contribution in [1.29, 1.82) is 0 Å². The van der Waals surface area contributed by atoms with Gasteiger partial charge in [0.2, 0.25) is 0 Å². The van der Waals surface area contributed by atoms with E-state index < -0.39 is 10.0 Å². The van der Waals surface area contributed by atoms with E-state index in [0.29, 0.717) is 15.1 Å². The van der Waals surface area contributed by atoms with Crippen LogP contribution in [0.5, 0.6) is 0 Å². The number of sulfonamides is 1. The summed E-state index contributed by atoms with van der Waals surface area (Å²) in [7, 11) is -3.47. The largest absolute Gasteiger partial charge is 0.253 e. The fraction of sp³-hybridized carbons (Fsp3) is 0.429. The minimum atomic E-state index is -3.47. The monoisotopic (exact) mass is 361 g/mol. The predicted molar refractivity (Wildman–Crippen MR) is 88.7 cm³/mol. The molecule has 1 aliphatic rings. The van der Waals surface area contributed by atoms with Crippen LogP contribution in [-0.2, 0) is 10.0 Å². The summed E-state index contributed by atoms with van der Waals surface area (Å²) in [5.41, 5.74) is 0. The highest BCUT2D eigenvalue weighted by molar-refractivity contribution is 7.91. The first-order valence-electron chi connectivity index (χ1n) is 6.89. The standard InChI is InChI=1S/C14H16ClNO2S3/c15-13-7-8-14(20-13)21(17,18)16-9-3-1-2-5-11(16)12-6-4-10-19-12/h4,6-8,10-11H,1-3,5,9H2/t11-/m0/s1. The molecule has 21 heavy (non-hydrogen) atoms. The van der Waals surface area contributed by atoms with E-state index in [-0.39, 0.29) is 6.04 Å². The van der Waals surface area contributed by atoms with Crippen molar-refractivity contribution in [3.63, 3.8) is 0 Å². The zero-order valence-electron chi connectivity index (χ0n) is 11.4. The Morgan fingerprint density at radius 3 is 2.71 bits per heavy atom. The topological polar surface area (TPSA) is 37.4 Å². The van der Waals surface area contributed by atoms with Crippen molar-refractivity contribution in [2.45, 2.75) is 35.9 Å². The second-order valence-corrected chi connectivity index (χ2v) is 9.87. The summed E-state index contributed by atoms with van der Waals surface area (Å²) in [4.78, 5) is 1.13. The Morgan fingerprint density at radius 2 is 2.05 bits per heavy atom. The molecule has 2 aromatic rings. The molecule has 0 amide bonds. The third-order valence-corrected chi connectivity index (χ3v) is 8.27. The zero-order chi connectivity index (χ0) is 14.9. The highest BCUT2D eigenvalue weighted by atomic mass is 35.5. The first-order chi connectivity index (χ1) is 10.1. The van der Waals surface area contributed by atoms with Crippen molar-refractivity contribution in [3.05, 3.63) is 38.9 Å². The van der Waals surface area contributed by atoms with E-state index in [1.54, 1.807) is 27.8 Å². The van der Waals surface area contributed by atoms with Crippen molar-refractivity contribution in [1.82, 2.24) is 4.31 Å². The minimum Gasteiger partial charge on any atom is -0.206 e. The second-order valence-electron chi connectivity index (χ2n) is 5.05. The lowest BCUT2D eigenvalue weighted by Gasteiger charge is -2.27. The molecule has 1 aliphatic heterocycles. The van der Waals surface area contributed by atoms with Gasteiger partial charge in [0.1, 0.15) is 4.21 Å². The van der Waals surface area contributed by atoms with Crippen molar-refractivity contribution in [3.8, 4) is 0 Å². The van der Waals surface area contributed by atoms with Gasteiger partial charge >= 0.3 is 0 Å². The highest BCUT2D eigenvalue weighted by Gasteiger charge is 2.34. The lowest BCUT2D eigenvalue weighted by molar-refractivity contribution is 0.334. The molecule has 0 spiro atoms. The molecule has 0 aromatic carbocycles. The summed E-state index contributed by atoms with van der Waals surface area (Å²) < 4.78 is 28.4. The number of thiophene rings is 2. The van der Waals surface area contributed by atoms with Crippen LogP contribution in [0.1, 0.15) is 36.6 Å². The van der Waals surface area contributed by atoms with Crippen molar-refractivity contribution >= 4 is 44.3 Å².